The summed E-state index contributed by atoms with van der Waals surface area (Å²) in [5, 5.41) is 10.3. The number of carboxylic acid groups (broad SMARTS) is 1. The minimum absolute atomic E-state index is 0.0574. The van der Waals surface area contributed by atoms with Crippen molar-refractivity contribution in [3.63, 3.8) is 0 Å². The Bertz CT molecular complexity index is 619. The maximum Gasteiger partial charge on any atom is 0.308 e. The summed E-state index contributed by atoms with van der Waals surface area (Å²) < 4.78 is 0. The van der Waals surface area contributed by atoms with E-state index in [1.54, 1.807) is 17.0 Å². The van der Waals surface area contributed by atoms with Crippen LogP contribution in [0.5, 0.6) is 0 Å². The maximum atomic E-state index is 12.6. The van der Waals surface area contributed by atoms with E-state index >= 15 is 0 Å². The number of hydrogen-bond acceptors (Lipinski definition) is 2. The van der Waals surface area contributed by atoms with Crippen molar-refractivity contribution in [1.82, 2.24) is 4.90 Å². The molecule has 0 aromatic heterocycles. The number of carbonyl (C=O) groups is 2. The van der Waals surface area contributed by atoms with E-state index in [1.165, 1.54) is 0 Å². The smallest absolute Gasteiger partial charge is 0.308 e. The highest BCUT2D eigenvalue weighted by molar-refractivity contribution is 6.35. The zero-order valence-electron chi connectivity index (χ0n) is 12.0. The molecule has 118 valence electrons. The van der Waals surface area contributed by atoms with Crippen LogP contribution in [-0.2, 0) is 9.59 Å². The van der Waals surface area contributed by atoms with Crippen molar-refractivity contribution >= 4 is 35.1 Å². The molecule has 1 aliphatic carbocycles. The molecule has 1 N–H and O–H groups in total. The van der Waals surface area contributed by atoms with E-state index in [0.29, 0.717) is 29.6 Å². The third-order valence-electron chi connectivity index (χ3n) is 4.55. The molecule has 22 heavy (non-hydrogen) atoms. The van der Waals surface area contributed by atoms with Gasteiger partial charge in [-0.15, -0.1) is 0 Å². The number of amides is 1. The summed E-state index contributed by atoms with van der Waals surface area (Å²) >= 11 is 12.1. The van der Waals surface area contributed by atoms with Gasteiger partial charge in [0.2, 0.25) is 5.91 Å². The lowest BCUT2D eigenvalue weighted by Crippen LogP contribution is -2.43. The van der Waals surface area contributed by atoms with Crippen LogP contribution in [0.1, 0.15) is 30.7 Å². The summed E-state index contributed by atoms with van der Waals surface area (Å²) in [7, 11) is 0. The van der Waals surface area contributed by atoms with Gasteiger partial charge in [-0.1, -0.05) is 29.3 Å². The zero-order valence-corrected chi connectivity index (χ0v) is 13.5. The summed E-state index contributed by atoms with van der Waals surface area (Å²) in [6.07, 6.45) is 2.17. The molecule has 1 saturated carbocycles. The van der Waals surface area contributed by atoms with Crippen LogP contribution in [-0.4, -0.2) is 35.0 Å². The third-order valence-corrected chi connectivity index (χ3v) is 5.11. The van der Waals surface area contributed by atoms with Gasteiger partial charge in [-0.05, 0) is 42.9 Å². The van der Waals surface area contributed by atoms with E-state index < -0.39 is 11.9 Å². The molecular formula is C16H17Cl2NO3. The van der Waals surface area contributed by atoms with Crippen molar-refractivity contribution in [2.24, 2.45) is 11.8 Å². The van der Waals surface area contributed by atoms with Crippen LogP contribution in [0, 0.1) is 11.8 Å². The summed E-state index contributed by atoms with van der Waals surface area (Å²) in [6, 6.07) is 5.35. The average Bonchev–Trinajstić information content (AvgIpc) is 3.27. The average molecular weight is 342 g/mol. The van der Waals surface area contributed by atoms with E-state index in [1.807, 2.05) is 6.07 Å². The second kappa shape index (κ2) is 6.09. The Morgan fingerprint density at radius 2 is 2.05 bits per heavy atom. The predicted molar refractivity (Wildman–Crippen MR) is 84.2 cm³/mol. The molecule has 1 amide bonds. The van der Waals surface area contributed by atoms with Gasteiger partial charge in [-0.3, -0.25) is 9.59 Å². The molecule has 1 aromatic carbocycles. The maximum absolute atomic E-state index is 12.6. The third kappa shape index (κ3) is 3.08. The van der Waals surface area contributed by atoms with Crippen LogP contribution in [0.25, 0.3) is 0 Å². The molecule has 1 saturated heterocycles. The number of nitrogens with zero attached hydrogens (tertiary/aromatic N) is 1. The monoisotopic (exact) mass is 341 g/mol. The lowest BCUT2D eigenvalue weighted by molar-refractivity contribution is -0.146. The second-order valence-electron chi connectivity index (χ2n) is 6.08. The molecule has 0 radical (unpaired) electrons. The van der Waals surface area contributed by atoms with E-state index in [-0.39, 0.29) is 17.7 Å². The van der Waals surface area contributed by atoms with Crippen LogP contribution in [0.15, 0.2) is 18.2 Å². The van der Waals surface area contributed by atoms with Crippen molar-refractivity contribution in [3.8, 4) is 0 Å². The number of piperidine rings is 1. The number of halogens is 2. The van der Waals surface area contributed by atoms with Gasteiger partial charge in [0.15, 0.2) is 0 Å². The van der Waals surface area contributed by atoms with Crippen molar-refractivity contribution in [1.29, 1.82) is 0 Å². The van der Waals surface area contributed by atoms with Gasteiger partial charge in [0.25, 0.3) is 0 Å². The van der Waals surface area contributed by atoms with E-state index in [9.17, 15) is 9.59 Å². The van der Waals surface area contributed by atoms with Crippen LogP contribution < -0.4 is 0 Å². The fourth-order valence-corrected chi connectivity index (χ4v) is 3.78. The Labute approximate surface area is 139 Å². The van der Waals surface area contributed by atoms with Gasteiger partial charge in [0, 0.05) is 29.1 Å². The Morgan fingerprint density at radius 1 is 1.27 bits per heavy atom. The molecule has 1 heterocycles. The van der Waals surface area contributed by atoms with Gasteiger partial charge in [-0.2, -0.15) is 0 Å². The molecule has 6 heteroatoms. The fraction of sp³-hybridized carbons (Fsp3) is 0.500. The molecule has 0 bridgehead atoms. The highest BCUT2D eigenvalue weighted by atomic mass is 35.5. The summed E-state index contributed by atoms with van der Waals surface area (Å²) in [5.41, 5.74) is 0.955. The van der Waals surface area contributed by atoms with Crippen LogP contribution in [0.3, 0.4) is 0 Å². The molecule has 0 spiro atoms. The van der Waals surface area contributed by atoms with Crippen molar-refractivity contribution < 1.29 is 14.7 Å². The summed E-state index contributed by atoms with van der Waals surface area (Å²) in [5.74, 6) is -1.14. The largest absolute Gasteiger partial charge is 0.481 e. The molecule has 3 rings (SSSR count). The van der Waals surface area contributed by atoms with E-state index in [2.05, 4.69) is 0 Å². The molecule has 3 atom stereocenters. The van der Waals surface area contributed by atoms with Crippen molar-refractivity contribution in [3.05, 3.63) is 33.8 Å². The van der Waals surface area contributed by atoms with Crippen LogP contribution in [0.2, 0.25) is 10.0 Å². The van der Waals surface area contributed by atoms with Crippen LogP contribution in [0.4, 0.5) is 0 Å². The number of hydrogen-bond donors (Lipinski definition) is 1. The molecule has 1 aromatic rings. The van der Waals surface area contributed by atoms with Gasteiger partial charge >= 0.3 is 5.97 Å². The van der Waals surface area contributed by atoms with Crippen molar-refractivity contribution in [2.75, 3.05) is 13.1 Å². The Morgan fingerprint density at radius 3 is 2.73 bits per heavy atom. The summed E-state index contributed by atoms with van der Waals surface area (Å²) in [4.78, 5) is 25.4. The molecule has 2 fully saturated rings. The first kappa shape index (κ1) is 15.6. The van der Waals surface area contributed by atoms with Gasteiger partial charge in [0.1, 0.15) is 0 Å². The van der Waals surface area contributed by atoms with Crippen LogP contribution >= 0.6 is 23.2 Å². The minimum atomic E-state index is -0.814. The number of carboxylic acids is 1. The molecule has 2 unspecified atom stereocenters. The zero-order chi connectivity index (χ0) is 15.9. The second-order valence-corrected chi connectivity index (χ2v) is 6.92. The van der Waals surface area contributed by atoms with E-state index in [0.717, 1.165) is 18.4 Å². The first-order chi connectivity index (χ1) is 10.5. The summed E-state index contributed by atoms with van der Waals surface area (Å²) in [6.45, 7) is 0.978. The van der Waals surface area contributed by atoms with Crippen molar-refractivity contribution in [2.45, 2.75) is 25.2 Å². The molecule has 2 aliphatic rings. The lowest BCUT2D eigenvalue weighted by Gasteiger charge is -2.31. The topological polar surface area (TPSA) is 57.6 Å². The first-order valence-corrected chi connectivity index (χ1v) is 8.19. The highest BCUT2D eigenvalue weighted by Crippen LogP contribution is 2.51. The molecule has 4 nitrogen and oxygen atoms in total. The SMILES string of the molecule is O=C(O)[C@H]1CCCN(C(=O)C2CC2c2ccc(Cl)cc2Cl)C1. The van der Waals surface area contributed by atoms with Gasteiger partial charge < -0.3 is 10.0 Å². The quantitative estimate of drug-likeness (QED) is 0.916. The number of carbonyl (C=O) groups excluding carboxylic acids is 1. The standard InChI is InChI=1S/C16H17Cl2NO3/c17-10-3-4-11(14(18)6-10)12-7-13(12)15(20)19-5-1-2-9(8-19)16(21)22/h3-4,6,9,12-13H,1-2,5,7-8H2,(H,21,22)/t9-,12?,13?/m0/s1. The Kier molecular flexibility index (Phi) is 4.33. The Balaban J connectivity index is 1.66. The number of likely N-dealkylation sites (tertiary alicyclic amines) is 1. The normalized spacial score (nSPS) is 27.5. The van der Waals surface area contributed by atoms with Gasteiger partial charge in [-0.25, -0.2) is 0 Å². The molecule has 1 aliphatic heterocycles. The minimum Gasteiger partial charge on any atom is -0.481 e. The van der Waals surface area contributed by atoms with Gasteiger partial charge in [0.05, 0.1) is 5.92 Å². The first-order valence-electron chi connectivity index (χ1n) is 7.44. The van der Waals surface area contributed by atoms with E-state index in [4.69, 9.17) is 28.3 Å². The number of rotatable bonds is 3. The number of aliphatic carboxylic acids is 1. The predicted octanol–water partition coefficient (Wildman–Crippen LogP) is 3.42. The lowest BCUT2D eigenvalue weighted by atomic mass is 9.97. The fourth-order valence-electron chi connectivity index (χ4n) is 3.23. The Hall–Kier alpha value is -1.26. The number of benzene rings is 1. The highest BCUT2D eigenvalue weighted by Gasteiger charge is 2.47. The molecular weight excluding hydrogens is 325 g/mol.